The summed E-state index contributed by atoms with van der Waals surface area (Å²) in [5.74, 6) is 0. The van der Waals surface area contributed by atoms with Crippen molar-refractivity contribution >= 4 is 27.6 Å². The van der Waals surface area contributed by atoms with Gasteiger partial charge >= 0.3 is 6.03 Å². The third-order valence-electron chi connectivity index (χ3n) is 3.23. The number of aromatic nitrogens is 1. The molecular formula is C13H18BrN3O2. The van der Waals surface area contributed by atoms with E-state index in [1.165, 1.54) is 0 Å². The number of urea groups is 1. The van der Waals surface area contributed by atoms with Gasteiger partial charge in [-0.05, 0) is 41.8 Å². The fraction of sp³-hybridized carbons (Fsp3) is 0.538. The number of rotatable bonds is 3. The van der Waals surface area contributed by atoms with E-state index in [0.29, 0.717) is 12.3 Å². The van der Waals surface area contributed by atoms with Crippen LogP contribution in [0.1, 0.15) is 25.5 Å². The first-order chi connectivity index (χ1) is 9.10. The molecule has 6 heteroatoms. The highest BCUT2D eigenvalue weighted by Crippen LogP contribution is 2.19. The maximum atomic E-state index is 12.0. The molecule has 2 amide bonds. The highest BCUT2D eigenvalue weighted by Gasteiger charge is 2.28. The van der Waals surface area contributed by atoms with Gasteiger partial charge in [-0.3, -0.25) is 4.98 Å². The molecule has 1 aliphatic heterocycles. The van der Waals surface area contributed by atoms with E-state index >= 15 is 0 Å². The number of nitrogens with one attached hydrogen (secondary N) is 2. The van der Waals surface area contributed by atoms with E-state index in [0.717, 1.165) is 23.0 Å². The SMILES string of the molecule is CC[C@@H]1OCC[C@H]1NC(=O)Nc1cc(Br)cnc1C. The number of anilines is 1. The predicted molar refractivity (Wildman–Crippen MR) is 77.3 cm³/mol. The maximum absolute atomic E-state index is 12.0. The summed E-state index contributed by atoms with van der Waals surface area (Å²) in [6, 6.07) is 1.71. The zero-order chi connectivity index (χ0) is 13.8. The second kappa shape index (κ2) is 6.34. The minimum atomic E-state index is -0.211. The maximum Gasteiger partial charge on any atom is 0.319 e. The molecule has 1 aliphatic rings. The average molecular weight is 328 g/mol. The van der Waals surface area contributed by atoms with Gasteiger partial charge in [-0.15, -0.1) is 0 Å². The fourth-order valence-electron chi connectivity index (χ4n) is 2.18. The van der Waals surface area contributed by atoms with Crippen LogP contribution < -0.4 is 10.6 Å². The zero-order valence-electron chi connectivity index (χ0n) is 11.1. The summed E-state index contributed by atoms with van der Waals surface area (Å²) in [5, 5.41) is 5.78. The van der Waals surface area contributed by atoms with Gasteiger partial charge in [0.1, 0.15) is 0 Å². The second-order valence-corrected chi connectivity index (χ2v) is 5.51. The molecule has 19 heavy (non-hydrogen) atoms. The molecule has 1 saturated heterocycles. The Kier molecular flexibility index (Phi) is 4.76. The number of halogens is 1. The van der Waals surface area contributed by atoms with Gasteiger partial charge in [0, 0.05) is 17.3 Å². The Morgan fingerprint density at radius 1 is 1.63 bits per heavy atom. The van der Waals surface area contributed by atoms with Crippen LogP contribution >= 0.6 is 15.9 Å². The molecule has 2 N–H and O–H groups in total. The van der Waals surface area contributed by atoms with Crippen LogP contribution in [0.5, 0.6) is 0 Å². The van der Waals surface area contributed by atoms with Crippen molar-refractivity contribution in [3.63, 3.8) is 0 Å². The largest absolute Gasteiger partial charge is 0.376 e. The van der Waals surface area contributed by atoms with Crippen LogP contribution in [0.25, 0.3) is 0 Å². The van der Waals surface area contributed by atoms with Crippen LogP contribution in [0, 0.1) is 6.92 Å². The highest BCUT2D eigenvalue weighted by atomic mass is 79.9. The molecule has 0 aliphatic carbocycles. The average Bonchev–Trinajstić information content (AvgIpc) is 2.81. The van der Waals surface area contributed by atoms with Crippen molar-refractivity contribution in [1.29, 1.82) is 0 Å². The van der Waals surface area contributed by atoms with E-state index < -0.39 is 0 Å². The molecule has 0 saturated carbocycles. The number of carbonyl (C=O) groups is 1. The highest BCUT2D eigenvalue weighted by molar-refractivity contribution is 9.10. The van der Waals surface area contributed by atoms with Crippen LogP contribution in [0.4, 0.5) is 10.5 Å². The Balaban J connectivity index is 1.95. The standard InChI is InChI=1S/C13H18BrN3O2/c1-3-12-10(4-5-19-12)16-13(18)17-11-6-9(14)7-15-8(11)2/h6-7,10,12H,3-5H2,1-2H3,(H2,16,17,18)/t10-,12+/m1/s1. The summed E-state index contributed by atoms with van der Waals surface area (Å²) in [6.07, 6.45) is 3.59. The summed E-state index contributed by atoms with van der Waals surface area (Å²) in [6.45, 7) is 4.63. The lowest BCUT2D eigenvalue weighted by atomic mass is 10.1. The van der Waals surface area contributed by atoms with Crippen molar-refractivity contribution in [1.82, 2.24) is 10.3 Å². The molecule has 0 radical (unpaired) electrons. The molecule has 0 unspecified atom stereocenters. The minimum absolute atomic E-state index is 0.0884. The number of ether oxygens (including phenoxy) is 1. The third kappa shape index (κ3) is 3.67. The molecule has 104 valence electrons. The molecule has 2 atom stereocenters. The van der Waals surface area contributed by atoms with Gasteiger partial charge < -0.3 is 15.4 Å². The van der Waals surface area contributed by atoms with E-state index in [1.807, 2.05) is 13.0 Å². The van der Waals surface area contributed by atoms with E-state index in [4.69, 9.17) is 4.74 Å². The van der Waals surface area contributed by atoms with Crippen molar-refractivity contribution in [3.05, 3.63) is 22.4 Å². The number of amides is 2. The number of aryl methyl sites for hydroxylation is 1. The molecule has 2 rings (SSSR count). The predicted octanol–water partition coefficient (Wildman–Crippen LogP) is 2.84. The quantitative estimate of drug-likeness (QED) is 0.897. The number of carbonyl (C=O) groups excluding carboxylic acids is 1. The number of nitrogens with zero attached hydrogens (tertiary/aromatic N) is 1. The Morgan fingerprint density at radius 3 is 3.16 bits per heavy atom. The van der Waals surface area contributed by atoms with Crippen molar-refractivity contribution in [2.75, 3.05) is 11.9 Å². The molecule has 5 nitrogen and oxygen atoms in total. The molecular weight excluding hydrogens is 310 g/mol. The summed E-state index contributed by atoms with van der Waals surface area (Å²) in [7, 11) is 0. The van der Waals surface area contributed by atoms with E-state index in [1.54, 1.807) is 6.20 Å². The lowest BCUT2D eigenvalue weighted by Gasteiger charge is -2.19. The first-order valence-electron chi connectivity index (χ1n) is 6.41. The van der Waals surface area contributed by atoms with Gasteiger partial charge in [0.05, 0.1) is 23.5 Å². The van der Waals surface area contributed by atoms with Crippen molar-refractivity contribution in [2.24, 2.45) is 0 Å². The first-order valence-corrected chi connectivity index (χ1v) is 7.20. The Labute approximate surface area is 121 Å². The van der Waals surface area contributed by atoms with E-state index in [9.17, 15) is 4.79 Å². The zero-order valence-corrected chi connectivity index (χ0v) is 12.7. The van der Waals surface area contributed by atoms with Gasteiger partial charge in [0.2, 0.25) is 0 Å². The molecule has 1 aromatic rings. The first kappa shape index (κ1) is 14.3. The second-order valence-electron chi connectivity index (χ2n) is 4.60. The molecule has 0 spiro atoms. The van der Waals surface area contributed by atoms with Gasteiger partial charge in [0.25, 0.3) is 0 Å². The van der Waals surface area contributed by atoms with Crippen LogP contribution in [-0.2, 0) is 4.74 Å². The topological polar surface area (TPSA) is 63.2 Å². The molecule has 1 aromatic heterocycles. The van der Waals surface area contributed by atoms with Crippen molar-refractivity contribution < 1.29 is 9.53 Å². The summed E-state index contributed by atoms with van der Waals surface area (Å²) < 4.78 is 6.38. The summed E-state index contributed by atoms with van der Waals surface area (Å²) >= 11 is 3.34. The minimum Gasteiger partial charge on any atom is -0.376 e. The number of hydrogen-bond acceptors (Lipinski definition) is 3. The lowest BCUT2D eigenvalue weighted by molar-refractivity contribution is 0.0970. The summed E-state index contributed by atoms with van der Waals surface area (Å²) in [5.41, 5.74) is 1.49. The van der Waals surface area contributed by atoms with Crippen LogP contribution in [0.15, 0.2) is 16.7 Å². The monoisotopic (exact) mass is 327 g/mol. The smallest absolute Gasteiger partial charge is 0.319 e. The van der Waals surface area contributed by atoms with Gasteiger partial charge in [-0.25, -0.2) is 4.79 Å². The number of pyridine rings is 1. The fourth-order valence-corrected chi connectivity index (χ4v) is 2.51. The van der Waals surface area contributed by atoms with Crippen LogP contribution in [-0.4, -0.2) is 29.8 Å². The van der Waals surface area contributed by atoms with Gasteiger partial charge in [-0.2, -0.15) is 0 Å². The number of hydrogen-bond donors (Lipinski definition) is 2. The Hall–Kier alpha value is -1.14. The van der Waals surface area contributed by atoms with Gasteiger partial charge in [-0.1, -0.05) is 6.92 Å². The lowest BCUT2D eigenvalue weighted by Crippen LogP contribution is -2.42. The molecule has 1 fully saturated rings. The summed E-state index contributed by atoms with van der Waals surface area (Å²) in [4.78, 5) is 16.2. The van der Waals surface area contributed by atoms with Crippen LogP contribution in [0.3, 0.4) is 0 Å². The van der Waals surface area contributed by atoms with Crippen LogP contribution in [0.2, 0.25) is 0 Å². The van der Waals surface area contributed by atoms with Crippen molar-refractivity contribution in [3.8, 4) is 0 Å². The molecule has 0 aromatic carbocycles. The Morgan fingerprint density at radius 2 is 2.42 bits per heavy atom. The molecule has 2 heterocycles. The van der Waals surface area contributed by atoms with Crippen molar-refractivity contribution in [2.45, 2.75) is 38.8 Å². The molecule has 0 bridgehead atoms. The van der Waals surface area contributed by atoms with E-state index in [2.05, 4.69) is 38.5 Å². The van der Waals surface area contributed by atoms with E-state index in [-0.39, 0.29) is 18.2 Å². The Bertz CT molecular complexity index is 467. The van der Waals surface area contributed by atoms with Gasteiger partial charge in [0.15, 0.2) is 0 Å². The third-order valence-corrected chi connectivity index (χ3v) is 3.66. The normalized spacial score (nSPS) is 22.3.